The second-order valence-electron chi connectivity index (χ2n) is 7.11. The molecule has 5 rings (SSSR count). The van der Waals surface area contributed by atoms with Gasteiger partial charge >= 0.3 is 0 Å². The maximum Gasteiger partial charge on any atom is 0.226 e. The average molecular weight is 420 g/mol. The lowest BCUT2D eigenvalue weighted by Gasteiger charge is -2.26. The van der Waals surface area contributed by atoms with Gasteiger partial charge in [0.25, 0.3) is 0 Å². The van der Waals surface area contributed by atoms with Crippen LogP contribution >= 0.6 is 11.3 Å². The van der Waals surface area contributed by atoms with Gasteiger partial charge in [-0.25, -0.2) is 4.98 Å². The van der Waals surface area contributed by atoms with Gasteiger partial charge in [-0.2, -0.15) is 9.78 Å². The van der Waals surface area contributed by atoms with E-state index in [9.17, 15) is 4.79 Å². The number of amides is 1. The number of aromatic nitrogens is 3. The number of thiazole rings is 1. The number of carbonyl (C=O) groups excluding carboxylic acids is 1. The second-order valence-corrected chi connectivity index (χ2v) is 8.12. The van der Waals surface area contributed by atoms with Gasteiger partial charge in [-0.1, -0.05) is 35.6 Å². The highest BCUT2D eigenvalue weighted by molar-refractivity contribution is 7.20. The largest absolute Gasteiger partial charge is 0.493 e. The zero-order valence-electron chi connectivity index (χ0n) is 16.8. The fourth-order valence-corrected chi connectivity index (χ4v) is 5.01. The van der Waals surface area contributed by atoms with Crippen molar-refractivity contribution < 1.29 is 14.3 Å². The highest BCUT2D eigenvalue weighted by Crippen LogP contribution is 2.46. The van der Waals surface area contributed by atoms with Gasteiger partial charge in [-0.05, 0) is 25.1 Å². The Morgan fingerprint density at radius 2 is 1.97 bits per heavy atom. The molecule has 4 aromatic rings. The van der Waals surface area contributed by atoms with Crippen molar-refractivity contribution in [1.29, 1.82) is 0 Å². The van der Waals surface area contributed by atoms with Crippen LogP contribution in [-0.4, -0.2) is 34.9 Å². The van der Waals surface area contributed by atoms with Gasteiger partial charge in [0.1, 0.15) is 5.82 Å². The number of nitrogens with one attached hydrogen (secondary N) is 1. The topological polar surface area (TPSA) is 78.3 Å². The van der Waals surface area contributed by atoms with E-state index in [1.165, 1.54) is 0 Å². The molecule has 1 aliphatic heterocycles. The van der Waals surface area contributed by atoms with E-state index in [0.29, 0.717) is 23.7 Å². The van der Waals surface area contributed by atoms with Crippen LogP contribution in [0.1, 0.15) is 29.2 Å². The number of hydrogen-bond acceptors (Lipinski definition) is 6. The lowest BCUT2D eigenvalue weighted by Crippen LogP contribution is -2.25. The maximum atomic E-state index is 12.7. The van der Waals surface area contributed by atoms with Crippen LogP contribution in [0.5, 0.6) is 11.5 Å². The number of nitrogens with zero attached hydrogens (tertiary/aromatic N) is 3. The fourth-order valence-electron chi connectivity index (χ4n) is 4.09. The van der Waals surface area contributed by atoms with Gasteiger partial charge in [0.05, 0.1) is 30.1 Å². The lowest BCUT2D eigenvalue weighted by molar-refractivity contribution is -0.116. The molecule has 0 radical (unpaired) electrons. The number of hydrogen-bond donors (Lipinski definition) is 1. The molecule has 1 N–H and O–H groups in total. The molecule has 0 saturated carbocycles. The van der Waals surface area contributed by atoms with Crippen molar-refractivity contribution in [2.24, 2.45) is 0 Å². The molecule has 7 nitrogen and oxygen atoms in total. The van der Waals surface area contributed by atoms with E-state index in [0.717, 1.165) is 32.2 Å². The quantitative estimate of drug-likeness (QED) is 0.533. The summed E-state index contributed by atoms with van der Waals surface area (Å²) >= 11 is 1.54. The van der Waals surface area contributed by atoms with Gasteiger partial charge in [-0.3, -0.25) is 4.79 Å². The summed E-state index contributed by atoms with van der Waals surface area (Å²) in [6.45, 7) is 1.96. The van der Waals surface area contributed by atoms with Crippen LogP contribution in [0.15, 0.2) is 42.5 Å². The minimum Gasteiger partial charge on any atom is -0.493 e. The Labute approximate surface area is 177 Å². The minimum atomic E-state index is -0.193. The number of rotatable bonds is 4. The second kappa shape index (κ2) is 7.14. The normalized spacial score (nSPS) is 15.7. The fraction of sp³-hybridized carbons (Fsp3) is 0.227. The van der Waals surface area contributed by atoms with E-state index < -0.39 is 0 Å². The number of anilines is 1. The third-order valence-electron chi connectivity index (χ3n) is 5.38. The molecule has 1 unspecified atom stereocenters. The summed E-state index contributed by atoms with van der Waals surface area (Å²) in [6.07, 6.45) is 0.308. The van der Waals surface area contributed by atoms with Crippen molar-refractivity contribution in [3.63, 3.8) is 0 Å². The molecule has 2 aromatic heterocycles. The number of benzene rings is 2. The van der Waals surface area contributed by atoms with E-state index in [-0.39, 0.29) is 11.8 Å². The van der Waals surface area contributed by atoms with Crippen LogP contribution in [0.4, 0.5) is 5.82 Å². The summed E-state index contributed by atoms with van der Waals surface area (Å²) in [7, 11) is 3.22. The average Bonchev–Trinajstić information content (AvgIpc) is 3.33. The molecule has 1 aliphatic rings. The number of fused-ring (bicyclic) bond motifs is 2. The predicted molar refractivity (Wildman–Crippen MR) is 116 cm³/mol. The minimum absolute atomic E-state index is 0.0698. The molecule has 1 amide bonds. The molecular weight excluding hydrogens is 400 g/mol. The third-order valence-corrected chi connectivity index (χ3v) is 6.39. The van der Waals surface area contributed by atoms with Crippen LogP contribution in [0.3, 0.4) is 0 Å². The van der Waals surface area contributed by atoms with Crippen molar-refractivity contribution in [3.8, 4) is 16.6 Å². The van der Waals surface area contributed by atoms with Crippen LogP contribution in [0.2, 0.25) is 0 Å². The summed E-state index contributed by atoms with van der Waals surface area (Å²) < 4.78 is 13.9. The number of carbonyl (C=O) groups is 1. The summed E-state index contributed by atoms with van der Waals surface area (Å²) in [5.74, 6) is 1.68. The van der Waals surface area contributed by atoms with Gasteiger partial charge in [0, 0.05) is 23.5 Å². The highest BCUT2D eigenvalue weighted by Gasteiger charge is 2.35. The zero-order chi connectivity index (χ0) is 20.8. The Bertz CT molecular complexity index is 1240. The van der Waals surface area contributed by atoms with Crippen molar-refractivity contribution in [1.82, 2.24) is 14.8 Å². The molecular formula is C22H20N4O3S. The molecule has 0 spiro atoms. The van der Waals surface area contributed by atoms with Crippen LogP contribution < -0.4 is 14.8 Å². The summed E-state index contributed by atoms with van der Waals surface area (Å²) in [6, 6.07) is 13.7. The molecule has 30 heavy (non-hydrogen) atoms. The molecule has 0 fully saturated rings. The van der Waals surface area contributed by atoms with E-state index in [1.807, 2.05) is 49.4 Å². The van der Waals surface area contributed by atoms with Crippen molar-refractivity contribution in [2.45, 2.75) is 19.3 Å². The van der Waals surface area contributed by atoms with Gasteiger partial charge in [0.15, 0.2) is 11.5 Å². The van der Waals surface area contributed by atoms with Crippen molar-refractivity contribution in [2.75, 3.05) is 19.5 Å². The van der Waals surface area contributed by atoms with Crippen LogP contribution in [-0.2, 0) is 4.79 Å². The SMILES string of the molecule is COc1cccc(C2CC(=O)Nc3c2c(C)nn3-c2nc3ccccc3s2)c1OC. The van der Waals surface area contributed by atoms with E-state index in [2.05, 4.69) is 5.32 Å². The van der Waals surface area contributed by atoms with Crippen molar-refractivity contribution in [3.05, 3.63) is 59.3 Å². The summed E-state index contributed by atoms with van der Waals surface area (Å²) in [5, 5.41) is 8.48. The molecule has 0 saturated heterocycles. The Hall–Kier alpha value is -3.39. The number of aryl methyl sites for hydroxylation is 1. The van der Waals surface area contributed by atoms with Gasteiger partial charge in [-0.15, -0.1) is 0 Å². The molecule has 8 heteroatoms. The molecule has 0 aliphatic carbocycles. The molecule has 2 aromatic carbocycles. The third kappa shape index (κ3) is 2.83. The predicted octanol–water partition coefficient (Wildman–Crippen LogP) is 4.28. The van der Waals surface area contributed by atoms with Crippen LogP contribution in [0.25, 0.3) is 15.3 Å². The molecule has 3 heterocycles. The first-order valence-electron chi connectivity index (χ1n) is 9.57. The number of para-hydroxylation sites is 2. The Kier molecular flexibility index (Phi) is 4.43. The molecule has 152 valence electrons. The first-order chi connectivity index (χ1) is 14.6. The standard InChI is InChI=1S/C22H20N4O3S/c1-12-19-14(13-7-6-9-16(28-2)20(13)29-3)11-18(27)24-21(19)26(25-12)22-23-15-8-4-5-10-17(15)30-22/h4-10,14H,11H2,1-3H3,(H,24,27). The van der Waals surface area contributed by atoms with Gasteiger partial charge in [0.2, 0.25) is 11.0 Å². The monoisotopic (exact) mass is 420 g/mol. The smallest absolute Gasteiger partial charge is 0.226 e. The first-order valence-corrected chi connectivity index (χ1v) is 10.4. The number of methoxy groups -OCH3 is 2. The molecule has 1 atom stereocenters. The van der Waals surface area contributed by atoms with E-state index >= 15 is 0 Å². The zero-order valence-corrected chi connectivity index (χ0v) is 17.6. The Morgan fingerprint density at radius 3 is 2.73 bits per heavy atom. The highest BCUT2D eigenvalue weighted by atomic mass is 32.1. The van der Waals surface area contributed by atoms with E-state index in [4.69, 9.17) is 19.6 Å². The van der Waals surface area contributed by atoms with Crippen molar-refractivity contribution >= 4 is 33.3 Å². The van der Waals surface area contributed by atoms with Gasteiger partial charge < -0.3 is 14.8 Å². The Balaban J connectivity index is 1.69. The summed E-state index contributed by atoms with van der Waals surface area (Å²) in [5.41, 5.74) is 3.63. The van der Waals surface area contributed by atoms with E-state index in [1.54, 1.807) is 30.2 Å². The first kappa shape index (κ1) is 18.6. The lowest BCUT2D eigenvalue weighted by atomic mass is 9.85. The Morgan fingerprint density at radius 1 is 1.13 bits per heavy atom. The van der Waals surface area contributed by atoms with Crippen LogP contribution in [0, 0.1) is 6.92 Å². The molecule has 0 bridgehead atoms. The number of ether oxygens (including phenoxy) is 2. The summed E-state index contributed by atoms with van der Waals surface area (Å²) in [4.78, 5) is 17.4. The maximum absolute atomic E-state index is 12.7.